The lowest BCUT2D eigenvalue weighted by molar-refractivity contribution is 0.802. The Balaban J connectivity index is 2.02. The summed E-state index contributed by atoms with van der Waals surface area (Å²) in [5, 5.41) is 0.823. The van der Waals surface area contributed by atoms with E-state index in [2.05, 4.69) is 55.0 Å². The molecular formula is C17H22N2S2. The maximum Gasteiger partial charge on any atom is 0.192 e. The van der Waals surface area contributed by atoms with E-state index in [0.29, 0.717) is 4.75 Å². The van der Waals surface area contributed by atoms with Gasteiger partial charge in [-0.3, -0.25) is 0 Å². The molecule has 2 aromatic rings. The number of rotatable bonds is 4. The highest BCUT2D eigenvalue weighted by Gasteiger charge is 2.10. The van der Waals surface area contributed by atoms with Crippen molar-refractivity contribution in [2.24, 2.45) is 0 Å². The molecule has 0 saturated carbocycles. The fourth-order valence-electron chi connectivity index (χ4n) is 1.80. The predicted molar refractivity (Wildman–Crippen MR) is 93.1 cm³/mol. The van der Waals surface area contributed by atoms with Gasteiger partial charge in [0.25, 0.3) is 0 Å². The predicted octanol–water partition coefficient (Wildman–Crippen LogP) is 5.28. The van der Waals surface area contributed by atoms with Gasteiger partial charge in [-0.25, -0.2) is 9.97 Å². The van der Waals surface area contributed by atoms with Crippen molar-refractivity contribution in [3.05, 3.63) is 47.3 Å². The molecule has 1 aromatic carbocycles. The second-order valence-electron chi connectivity index (χ2n) is 6.08. The smallest absolute Gasteiger partial charge is 0.192 e. The summed E-state index contributed by atoms with van der Waals surface area (Å²) in [7, 11) is 0. The van der Waals surface area contributed by atoms with Crippen LogP contribution < -0.4 is 0 Å². The standard InChI is InChI=1S/C17H22N2S2/c1-12-10-13(2)19-16(18-12)21-15-8-6-14(7-9-15)11-20-17(3,4)5/h6-10H,11H2,1-5H3. The summed E-state index contributed by atoms with van der Waals surface area (Å²) in [4.78, 5) is 10.1. The molecule has 1 aromatic heterocycles. The van der Waals surface area contributed by atoms with E-state index in [1.165, 1.54) is 10.5 Å². The van der Waals surface area contributed by atoms with Crippen LogP contribution in [0.2, 0.25) is 0 Å². The minimum absolute atomic E-state index is 0.306. The Morgan fingerprint density at radius 2 is 1.52 bits per heavy atom. The van der Waals surface area contributed by atoms with Crippen molar-refractivity contribution in [1.82, 2.24) is 9.97 Å². The second-order valence-corrected chi connectivity index (χ2v) is 8.92. The number of aromatic nitrogens is 2. The highest BCUT2D eigenvalue weighted by Crippen LogP contribution is 2.29. The maximum absolute atomic E-state index is 4.47. The molecule has 1 heterocycles. The van der Waals surface area contributed by atoms with Crippen molar-refractivity contribution < 1.29 is 0 Å². The first-order valence-electron chi connectivity index (χ1n) is 7.05. The highest BCUT2D eigenvalue weighted by molar-refractivity contribution is 7.99. The normalized spacial score (nSPS) is 11.7. The molecule has 21 heavy (non-hydrogen) atoms. The van der Waals surface area contributed by atoms with Crippen LogP contribution in [0.25, 0.3) is 0 Å². The van der Waals surface area contributed by atoms with Crippen LogP contribution >= 0.6 is 23.5 Å². The fraction of sp³-hybridized carbons (Fsp3) is 0.412. The lowest BCUT2D eigenvalue weighted by Crippen LogP contribution is -2.07. The molecule has 0 atom stereocenters. The average molecular weight is 319 g/mol. The van der Waals surface area contributed by atoms with Gasteiger partial charge in [-0.15, -0.1) is 0 Å². The number of hydrogen-bond acceptors (Lipinski definition) is 4. The van der Waals surface area contributed by atoms with Gasteiger partial charge >= 0.3 is 0 Å². The molecule has 0 aliphatic heterocycles. The number of nitrogens with zero attached hydrogens (tertiary/aromatic N) is 2. The van der Waals surface area contributed by atoms with Crippen LogP contribution in [-0.2, 0) is 5.75 Å². The maximum atomic E-state index is 4.47. The number of aryl methyl sites for hydroxylation is 2. The fourth-order valence-corrected chi connectivity index (χ4v) is 3.45. The molecule has 2 nitrogen and oxygen atoms in total. The molecule has 0 spiro atoms. The summed E-state index contributed by atoms with van der Waals surface area (Å²) in [5.74, 6) is 1.05. The van der Waals surface area contributed by atoms with Crippen molar-refractivity contribution in [1.29, 1.82) is 0 Å². The molecule has 4 heteroatoms. The van der Waals surface area contributed by atoms with Crippen molar-refractivity contribution >= 4 is 23.5 Å². The Morgan fingerprint density at radius 1 is 0.952 bits per heavy atom. The molecule has 0 unspecified atom stereocenters. The first-order chi connectivity index (χ1) is 9.82. The third kappa shape index (κ3) is 5.71. The molecule has 0 amide bonds. The highest BCUT2D eigenvalue weighted by atomic mass is 32.2. The minimum Gasteiger partial charge on any atom is -0.228 e. The van der Waals surface area contributed by atoms with Crippen LogP contribution in [-0.4, -0.2) is 14.7 Å². The van der Waals surface area contributed by atoms with Crippen LogP contribution in [0.5, 0.6) is 0 Å². The van der Waals surface area contributed by atoms with Gasteiger partial charge in [0.05, 0.1) is 0 Å². The summed E-state index contributed by atoms with van der Waals surface area (Å²) >= 11 is 3.59. The zero-order chi connectivity index (χ0) is 15.5. The van der Waals surface area contributed by atoms with Gasteiger partial charge < -0.3 is 0 Å². The van der Waals surface area contributed by atoms with E-state index < -0.39 is 0 Å². The zero-order valence-electron chi connectivity index (χ0n) is 13.3. The van der Waals surface area contributed by atoms with Gasteiger partial charge in [0.2, 0.25) is 0 Å². The van der Waals surface area contributed by atoms with E-state index in [4.69, 9.17) is 0 Å². The first kappa shape index (κ1) is 16.4. The van der Waals surface area contributed by atoms with Crippen molar-refractivity contribution in [3.63, 3.8) is 0 Å². The van der Waals surface area contributed by atoms with Gasteiger partial charge in [0, 0.05) is 26.8 Å². The SMILES string of the molecule is Cc1cc(C)nc(Sc2ccc(CSC(C)(C)C)cc2)n1. The van der Waals surface area contributed by atoms with E-state index in [1.807, 2.05) is 31.7 Å². The molecule has 0 fully saturated rings. The summed E-state index contributed by atoms with van der Waals surface area (Å²) < 4.78 is 0.306. The monoisotopic (exact) mass is 318 g/mol. The number of hydrogen-bond donors (Lipinski definition) is 0. The Labute approximate surface area is 136 Å². The van der Waals surface area contributed by atoms with E-state index in [-0.39, 0.29) is 0 Å². The van der Waals surface area contributed by atoms with Crippen LogP contribution in [0, 0.1) is 13.8 Å². The number of thioether (sulfide) groups is 1. The lowest BCUT2D eigenvalue weighted by Gasteiger charge is -2.17. The van der Waals surface area contributed by atoms with Crippen molar-refractivity contribution in [2.45, 2.75) is 55.2 Å². The van der Waals surface area contributed by atoms with Crippen LogP contribution in [0.1, 0.15) is 37.7 Å². The van der Waals surface area contributed by atoms with E-state index in [1.54, 1.807) is 11.8 Å². The topological polar surface area (TPSA) is 25.8 Å². The third-order valence-corrected chi connectivity index (χ3v) is 4.98. The minimum atomic E-state index is 0.306. The Morgan fingerprint density at radius 3 is 2.05 bits per heavy atom. The van der Waals surface area contributed by atoms with Gasteiger partial charge in [-0.05, 0) is 49.4 Å². The van der Waals surface area contributed by atoms with Gasteiger partial charge in [0.1, 0.15) is 0 Å². The summed E-state index contributed by atoms with van der Waals surface area (Å²) in [6.45, 7) is 10.8. The molecule has 0 N–H and O–H groups in total. The van der Waals surface area contributed by atoms with Crippen LogP contribution in [0.4, 0.5) is 0 Å². The van der Waals surface area contributed by atoms with Gasteiger partial charge in [-0.2, -0.15) is 11.8 Å². The number of benzene rings is 1. The van der Waals surface area contributed by atoms with E-state index in [0.717, 1.165) is 22.3 Å². The first-order valence-corrected chi connectivity index (χ1v) is 8.85. The Bertz CT molecular complexity index is 581. The second kappa shape index (κ2) is 6.84. The molecule has 0 aliphatic rings. The third-order valence-electron chi connectivity index (χ3n) is 2.77. The van der Waals surface area contributed by atoms with E-state index >= 15 is 0 Å². The summed E-state index contributed by atoms with van der Waals surface area (Å²) in [6.07, 6.45) is 0. The van der Waals surface area contributed by atoms with Crippen LogP contribution in [0.3, 0.4) is 0 Å². The summed E-state index contributed by atoms with van der Waals surface area (Å²) in [6, 6.07) is 10.7. The van der Waals surface area contributed by atoms with Gasteiger partial charge in [-0.1, -0.05) is 32.9 Å². The quantitative estimate of drug-likeness (QED) is 0.717. The van der Waals surface area contributed by atoms with Crippen LogP contribution in [0.15, 0.2) is 40.4 Å². The Kier molecular flexibility index (Phi) is 5.33. The Hall–Kier alpha value is -1.00. The molecule has 0 radical (unpaired) electrons. The molecule has 0 bridgehead atoms. The van der Waals surface area contributed by atoms with E-state index in [9.17, 15) is 0 Å². The van der Waals surface area contributed by atoms with Crippen molar-refractivity contribution in [2.75, 3.05) is 0 Å². The molecule has 2 rings (SSSR count). The zero-order valence-corrected chi connectivity index (χ0v) is 14.9. The van der Waals surface area contributed by atoms with Gasteiger partial charge in [0.15, 0.2) is 5.16 Å². The lowest BCUT2D eigenvalue weighted by atomic mass is 10.2. The molecular weight excluding hydrogens is 296 g/mol. The average Bonchev–Trinajstić information content (AvgIpc) is 2.36. The summed E-state index contributed by atoms with van der Waals surface area (Å²) in [5.41, 5.74) is 3.40. The van der Waals surface area contributed by atoms with Crippen molar-refractivity contribution in [3.8, 4) is 0 Å². The molecule has 0 saturated heterocycles. The molecule has 112 valence electrons. The largest absolute Gasteiger partial charge is 0.228 e. The molecule has 0 aliphatic carbocycles.